The minimum absolute atomic E-state index is 0.0478. The highest BCUT2D eigenvalue weighted by molar-refractivity contribution is 9.09. The van der Waals surface area contributed by atoms with E-state index in [1.54, 1.807) is 24.3 Å². The molecule has 1 aromatic rings. The van der Waals surface area contributed by atoms with Crippen LogP contribution in [-0.2, 0) is 14.4 Å². The molecule has 1 aromatic carbocycles. The highest BCUT2D eigenvalue weighted by Gasteiger charge is 2.23. The fraction of sp³-hybridized carbons (Fsp3) is 0.308. The van der Waals surface area contributed by atoms with Crippen molar-refractivity contribution in [3.8, 4) is 0 Å². The summed E-state index contributed by atoms with van der Waals surface area (Å²) in [6, 6.07) is 8.97. The molecule has 0 saturated carbocycles. The Kier molecular flexibility index (Phi) is 6.22. The number of carbonyl (C=O) groups excluding carboxylic acids is 3. The zero-order chi connectivity index (χ0) is 13.5. The van der Waals surface area contributed by atoms with Gasteiger partial charge in [-0.2, -0.15) is 0 Å². The monoisotopic (exact) mass is 330 g/mol. The van der Waals surface area contributed by atoms with Crippen LogP contribution < -0.4 is 0 Å². The lowest BCUT2D eigenvalue weighted by atomic mass is 10.0. The lowest BCUT2D eigenvalue weighted by Gasteiger charge is -2.07. The predicted molar refractivity (Wildman–Crippen MR) is 72.8 cm³/mol. The molecule has 0 aromatic heterocycles. The first-order valence-electron chi connectivity index (χ1n) is 5.46. The Labute approximate surface area is 119 Å². The molecule has 0 fully saturated rings. The van der Waals surface area contributed by atoms with Crippen LogP contribution in [0.2, 0.25) is 0 Å². The average molecular weight is 332 g/mol. The van der Waals surface area contributed by atoms with Crippen molar-refractivity contribution in [2.75, 3.05) is 0 Å². The van der Waals surface area contributed by atoms with Crippen LogP contribution in [0, 0.1) is 0 Å². The number of hydrogen-bond acceptors (Lipinski definition) is 3. The van der Waals surface area contributed by atoms with E-state index in [-0.39, 0.29) is 12.8 Å². The minimum atomic E-state index is -0.627. The summed E-state index contributed by atoms with van der Waals surface area (Å²) in [5.41, 5.74) is 0.740. The third-order valence-electron chi connectivity index (χ3n) is 2.37. The molecule has 5 heteroatoms. The summed E-state index contributed by atoms with van der Waals surface area (Å²) in [6.45, 7) is 0. The largest absolute Gasteiger partial charge is 0.291 e. The van der Waals surface area contributed by atoms with Gasteiger partial charge in [-0.1, -0.05) is 46.3 Å². The Morgan fingerprint density at radius 3 is 2.28 bits per heavy atom. The van der Waals surface area contributed by atoms with Crippen molar-refractivity contribution < 1.29 is 14.4 Å². The highest BCUT2D eigenvalue weighted by Crippen LogP contribution is 2.24. The Morgan fingerprint density at radius 2 is 1.72 bits per heavy atom. The van der Waals surface area contributed by atoms with Gasteiger partial charge in [-0.05, 0) is 23.6 Å². The van der Waals surface area contributed by atoms with Gasteiger partial charge in [0, 0.05) is 12.8 Å². The molecule has 18 heavy (non-hydrogen) atoms. The van der Waals surface area contributed by atoms with Gasteiger partial charge in [0.05, 0.1) is 0 Å². The molecule has 0 radical (unpaired) electrons. The molecule has 1 rings (SSSR count). The average Bonchev–Trinajstić information content (AvgIpc) is 2.37. The molecule has 3 nitrogen and oxygen atoms in total. The van der Waals surface area contributed by atoms with Crippen LogP contribution in [-0.4, -0.2) is 16.8 Å². The Hall–Kier alpha value is -1.00. The van der Waals surface area contributed by atoms with Gasteiger partial charge in [0.25, 0.3) is 0 Å². The quantitative estimate of drug-likeness (QED) is 0.438. The molecule has 0 aliphatic carbocycles. The van der Waals surface area contributed by atoms with Crippen molar-refractivity contribution >= 4 is 44.3 Å². The summed E-state index contributed by atoms with van der Waals surface area (Å²) in [5.74, 6) is -0.984. The van der Waals surface area contributed by atoms with Crippen molar-refractivity contribution in [2.45, 2.75) is 24.1 Å². The van der Waals surface area contributed by atoms with Gasteiger partial charge in [-0.25, -0.2) is 0 Å². The summed E-state index contributed by atoms with van der Waals surface area (Å²) in [6.07, 6.45) is 0.465. The van der Waals surface area contributed by atoms with Crippen LogP contribution in [0.5, 0.6) is 0 Å². The number of rotatable bonds is 7. The van der Waals surface area contributed by atoms with Crippen LogP contribution in [0.1, 0.15) is 29.7 Å². The van der Waals surface area contributed by atoms with E-state index in [9.17, 15) is 14.4 Å². The van der Waals surface area contributed by atoms with Crippen LogP contribution >= 0.6 is 27.5 Å². The SMILES string of the molecule is O=C(Cl)CCCC(=O)C(=O)C(Br)c1ccccc1. The maximum absolute atomic E-state index is 11.8. The van der Waals surface area contributed by atoms with E-state index in [0.29, 0.717) is 6.42 Å². The molecule has 0 amide bonds. The molecule has 0 aliphatic heterocycles. The van der Waals surface area contributed by atoms with Gasteiger partial charge in [0.2, 0.25) is 11.0 Å². The third-order valence-corrected chi connectivity index (χ3v) is 3.51. The van der Waals surface area contributed by atoms with Gasteiger partial charge >= 0.3 is 0 Å². The van der Waals surface area contributed by atoms with E-state index in [4.69, 9.17) is 11.6 Å². The van der Waals surface area contributed by atoms with E-state index in [2.05, 4.69) is 15.9 Å². The summed E-state index contributed by atoms with van der Waals surface area (Å²) < 4.78 is 0. The van der Waals surface area contributed by atoms with Crippen molar-refractivity contribution in [3.05, 3.63) is 35.9 Å². The van der Waals surface area contributed by atoms with Crippen molar-refractivity contribution in [1.29, 1.82) is 0 Å². The number of benzene rings is 1. The van der Waals surface area contributed by atoms with E-state index in [0.717, 1.165) is 5.56 Å². The minimum Gasteiger partial charge on any atom is -0.291 e. The predicted octanol–water partition coefficient (Wildman–Crippen LogP) is 3.20. The first kappa shape index (κ1) is 15.1. The molecule has 0 aliphatic rings. The van der Waals surface area contributed by atoms with Crippen LogP contribution in [0.4, 0.5) is 0 Å². The fourth-order valence-corrected chi connectivity index (χ4v) is 2.12. The molecule has 1 atom stereocenters. The molecule has 0 bridgehead atoms. The van der Waals surface area contributed by atoms with Crippen molar-refractivity contribution in [3.63, 3.8) is 0 Å². The van der Waals surface area contributed by atoms with E-state index < -0.39 is 21.6 Å². The van der Waals surface area contributed by atoms with Gasteiger partial charge in [0.1, 0.15) is 4.83 Å². The molecule has 96 valence electrons. The first-order chi connectivity index (χ1) is 8.52. The molecule has 0 saturated heterocycles. The number of hydrogen-bond donors (Lipinski definition) is 0. The molecule has 0 N–H and O–H groups in total. The molecular weight excluding hydrogens is 319 g/mol. The number of alkyl halides is 1. The Bertz CT molecular complexity index is 445. The van der Waals surface area contributed by atoms with E-state index in [1.807, 2.05) is 6.07 Å². The zero-order valence-electron chi connectivity index (χ0n) is 9.57. The second-order valence-corrected chi connectivity index (χ2v) is 5.11. The van der Waals surface area contributed by atoms with Gasteiger partial charge in [-0.3, -0.25) is 14.4 Å². The zero-order valence-corrected chi connectivity index (χ0v) is 11.9. The van der Waals surface area contributed by atoms with E-state index >= 15 is 0 Å². The molecule has 0 heterocycles. The number of ketones is 2. The topological polar surface area (TPSA) is 51.2 Å². The standard InChI is InChI=1S/C13H12BrClO3/c14-12(9-5-2-1-3-6-9)13(18)10(16)7-4-8-11(15)17/h1-3,5-6,12H,4,7-8H2. The molecule has 1 unspecified atom stereocenters. The molecule has 0 spiro atoms. The fourth-order valence-electron chi connectivity index (χ4n) is 1.43. The Balaban J connectivity index is 2.53. The number of Topliss-reactive ketones (excluding diaryl/α,β-unsaturated/α-hetero) is 2. The Morgan fingerprint density at radius 1 is 1.11 bits per heavy atom. The first-order valence-corrected chi connectivity index (χ1v) is 6.76. The maximum Gasteiger partial charge on any atom is 0.221 e. The van der Waals surface area contributed by atoms with Gasteiger partial charge in [0.15, 0.2) is 5.78 Å². The highest BCUT2D eigenvalue weighted by atomic mass is 79.9. The second kappa shape index (κ2) is 7.44. The third kappa shape index (κ3) is 4.70. The van der Waals surface area contributed by atoms with Crippen molar-refractivity contribution in [2.24, 2.45) is 0 Å². The van der Waals surface area contributed by atoms with Crippen molar-refractivity contribution in [1.82, 2.24) is 0 Å². The number of halogens is 2. The van der Waals surface area contributed by atoms with E-state index in [1.165, 1.54) is 0 Å². The van der Waals surface area contributed by atoms with Crippen LogP contribution in [0.3, 0.4) is 0 Å². The maximum atomic E-state index is 11.8. The summed E-state index contributed by atoms with van der Waals surface area (Å²) in [4.78, 5) is 33.3. The van der Waals surface area contributed by atoms with Crippen LogP contribution in [0.25, 0.3) is 0 Å². The molecular formula is C13H12BrClO3. The van der Waals surface area contributed by atoms with Crippen LogP contribution in [0.15, 0.2) is 30.3 Å². The lowest BCUT2D eigenvalue weighted by Crippen LogP contribution is -2.18. The normalized spacial score (nSPS) is 11.9. The second-order valence-electron chi connectivity index (χ2n) is 3.77. The number of carbonyl (C=O) groups is 3. The smallest absolute Gasteiger partial charge is 0.221 e. The summed E-state index contributed by atoms with van der Waals surface area (Å²) in [5, 5.41) is -0.492. The van der Waals surface area contributed by atoms with Gasteiger partial charge < -0.3 is 0 Å². The van der Waals surface area contributed by atoms with Gasteiger partial charge in [-0.15, -0.1) is 0 Å². The summed E-state index contributed by atoms with van der Waals surface area (Å²) in [7, 11) is 0. The summed E-state index contributed by atoms with van der Waals surface area (Å²) >= 11 is 8.36. The lowest BCUT2D eigenvalue weighted by molar-refractivity contribution is -0.136.